The van der Waals surface area contributed by atoms with Crippen LogP contribution in [0.15, 0.2) is 29.2 Å². The summed E-state index contributed by atoms with van der Waals surface area (Å²) in [6, 6.07) is 7.94. The Labute approximate surface area is 125 Å². The van der Waals surface area contributed by atoms with Gasteiger partial charge in [0, 0.05) is 4.90 Å². The molecule has 0 saturated carbocycles. The molecule has 1 rings (SSSR count). The van der Waals surface area contributed by atoms with Crippen LogP contribution < -0.4 is 0 Å². The van der Waals surface area contributed by atoms with Gasteiger partial charge in [0.2, 0.25) is 5.69 Å². The van der Waals surface area contributed by atoms with Crippen molar-refractivity contribution in [3.05, 3.63) is 29.8 Å². The Hall–Kier alpha value is 0.140. The van der Waals surface area contributed by atoms with E-state index < -0.39 is 5.69 Å². The normalized spacial score (nSPS) is 13.6. The Balaban J connectivity index is 2.89. The fourth-order valence-electron chi connectivity index (χ4n) is 2.53. The molecule has 0 amide bonds. The van der Waals surface area contributed by atoms with Gasteiger partial charge in [-0.25, -0.2) is 0 Å². The van der Waals surface area contributed by atoms with Gasteiger partial charge in [-0.05, 0) is 58.1 Å². The largest absolute Gasteiger partial charge is 0.337 e. The molecule has 0 aliphatic carbocycles. The van der Waals surface area contributed by atoms with Gasteiger partial charge in [0.1, 0.15) is 0 Å². The maximum Gasteiger partial charge on any atom is 0.246 e. The maximum atomic E-state index is 9.30. The summed E-state index contributed by atoms with van der Waals surface area (Å²) in [6.07, 6.45) is 1.09. The van der Waals surface area contributed by atoms with E-state index in [1.807, 2.05) is 12.1 Å². The third-order valence-corrected chi connectivity index (χ3v) is 5.57. The molecule has 19 heavy (non-hydrogen) atoms. The van der Waals surface area contributed by atoms with Gasteiger partial charge >= 0.3 is 0 Å². The van der Waals surface area contributed by atoms with Crippen LogP contribution in [0.5, 0.6) is 0 Å². The second-order valence-corrected chi connectivity index (χ2v) is 12.7. The average molecular weight is 318 g/mol. The lowest BCUT2D eigenvalue weighted by molar-refractivity contribution is 0.284. The molecule has 0 aliphatic heterocycles. The summed E-state index contributed by atoms with van der Waals surface area (Å²) in [5, 5.41) is 0. The second-order valence-electron chi connectivity index (χ2n) is 6.73. The van der Waals surface area contributed by atoms with Crippen molar-refractivity contribution in [2.75, 3.05) is 0 Å². The fourth-order valence-corrected chi connectivity index (χ4v) is 5.03. The molecule has 2 nitrogen and oxygen atoms in total. The van der Waals surface area contributed by atoms with Crippen LogP contribution in [0.1, 0.15) is 46.6 Å². The summed E-state index contributed by atoms with van der Waals surface area (Å²) in [4.78, 5) is 19.4. The molecule has 108 valence electrons. The third kappa shape index (κ3) is 6.42. The molecule has 0 heterocycles. The molecule has 0 spiro atoms. The van der Waals surface area contributed by atoms with E-state index >= 15 is 0 Å². The van der Waals surface area contributed by atoms with E-state index in [1.165, 1.54) is 5.56 Å². The highest BCUT2D eigenvalue weighted by molar-refractivity contribution is 8.67. The quantitative estimate of drug-likeness (QED) is 0.789. The number of hydrogen-bond acceptors (Lipinski definition) is 2. The minimum Gasteiger partial charge on any atom is -0.337 e. The van der Waals surface area contributed by atoms with Crippen LogP contribution in [0.4, 0.5) is 0 Å². The van der Waals surface area contributed by atoms with Crippen LogP contribution >= 0.6 is 17.1 Å². The molecule has 0 fully saturated rings. The van der Waals surface area contributed by atoms with Gasteiger partial charge in [-0.2, -0.15) is 0 Å². The van der Waals surface area contributed by atoms with Gasteiger partial charge in [0.15, 0.2) is 0 Å². The Kier molecular flexibility index (Phi) is 5.31. The van der Waals surface area contributed by atoms with Gasteiger partial charge in [0.25, 0.3) is 0 Å². The highest BCUT2D eigenvalue weighted by Crippen LogP contribution is 2.54. The van der Waals surface area contributed by atoms with Crippen LogP contribution in [0.25, 0.3) is 0 Å². The highest BCUT2D eigenvalue weighted by atomic mass is 32.9. The molecule has 1 aromatic carbocycles. The Morgan fingerprint density at radius 3 is 1.89 bits per heavy atom. The van der Waals surface area contributed by atoms with Crippen LogP contribution in [0.2, 0.25) is 0 Å². The Morgan fingerprint density at radius 2 is 1.53 bits per heavy atom. The predicted molar refractivity (Wildman–Crippen MR) is 88.1 cm³/mol. The summed E-state index contributed by atoms with van der Waals surface area (Å²) in [5.41, 5.74) is -1.60. The van der Waals surface area contributed by atoms with E-state index in [0.29, 0.717) is 0 Å². The van der Waals surface area contributed by atoms with Crippen molar-refractivity contribution in [1.82, 2.24) is 0 Å². The summed E-state index contributed by atoms with van der Waals surface area (Å²) in [6.45, 7) is 11.2. The van der Waals surface area contributed by atoms with Gasteiger partial charge in [-0.3, -0.25) is 0 Å². The van der Waals surface area contributed by atoms with E-state index in [2.05, 4.69) is 58.6 Å². The zero-order chi connectivity index (χ0) is 14.9. The van der Waals surface area contributed by atoms with Crippen molar-refractivity contribution in [3.63, 3.8) is 0 Å². The topological polar surface area (TPSA) is 40.5 Å². The van der Waals surface area contributed by atoms with Crippen molar-refractivity contribution in [2.45, 2.75) is 51.3 Å². The summed E-state index contributed by atoms with van der Waals surface area (Å²) < 4.78 is 0. The molecule has 2 N–H and O–H groups in total. The van der Waals surface area contributed by atoms with Crippen LogP contribution in [-0.2, 0) is 17.2 Å². The molecule has 0 unspecified atom stereocenters. The molecule has 0 aromatic heterocycles. The predicted octanol–water partition coefficient (Wildman–Crippen LogP) is 4.70. The molecular formula is C14H23O2PS2. The van der Waals surface area contributed by atoms with Crippen molar-refractivity contribution in [3.8, 4) is 0 Å². The number of rotatable bonds is 4. The highest BCUT2D eigenvalue weighted by Gasteiger charge is 2.27. The number of benzene rings is 1. The molecule has 5 heteroatoms. The monoisotopic (exact) mass is 318 g/mol. The van der Waals surface area contributed by atoms with Gasteiger partial charge in [-0.15, -0.1) is 0 Å². The van der Waals surface area contributed by atoms with Crippen molar-refractivity contribution < 1.29 is 9.79 Å². The van der Waals surface area contributed by atoms with Gasteiger partial charge < -0.3 is 9.79 Å². The molecular weight excluding hydrogens is 295 g/mol. The first-order chi connectivity index (χ1) is 8.39. The molecule has 0 saturated heterocycles. The molecule has 1 aromatic rings. The van der Waals surface area contributed by atoms with Crippen LogP contribution in [0.3, 0.4) is 0 Å². The van der Waals surface area contributed by atoms with Gasteiger partial charge in [-0.1, -0.05) is 46.8 Å². The summed E-state index contributed by atoms with van der Waals surface area (Å²) >= 11 is 5.60. The minimum atomic E-state index is -3.23. The lowest BCUT2D eigenvalue weighted by Gasteiger charge is -2.33. The van der Waals surface area contributed by atoms with Crippen molar-refractivity contribution in [1.29, 1.82) is 0 Å². The fraction of sp³-hybridized carbons (Fsp3) is 0.571. The van der Waals surface area contributed by atoms with E-state index in [-0.39, 0.29) is 10.8 Å². The first kappa shape index (κ1) is 17.2. The first-order valence-electron chi connectivity index (χ1n) is 6.25. The lowest BCUT2D eigenvalue weighted by atomic mass is 9.72. The molecule has 0 radical (unpaired) electrons. The van der Waals surface area contributed by atoms with Crippen LogP contribution in [0, 0.1) is 5.41 Å². The SMILES string of the molecule is CC(C)(C)CC(C)(C)c1ccc(SP(O)(O)=S)cc1. The van der Waals surface area contributed by atoms with Gasteiger partial charge in [0.05, 0.1) is 0 Å². The first-order valence-corrected chi connectivity index (χ1v) is 10.4. The van der Waals surface area contributed by atoms with Crippen molar-refractivity contribution >= 4 is 28.9 Å². The minimum absolute atomic E-state index is 0.0973. The van der Waals surface area contributed by atoms with E-state index in [1.54, 1.807) is 0 Å². The molecule has 0 bridgehead atoms. The van der Waals surface area contributed by atoms with E-state index in [0.717, 1.165) is 22.7 Å². The number of hydrogen-bond donors (Lipinski definition) is 2. The smallest absolute Gasteiger partial charge is 0.246 e. The zero-order valence-electron chi connectivity index (χ0n) is 12.2. The zero-order valence-corrected chi connectivity index (χ0v) is 14.7. The molecule has 0 atom stereocenters. The van der Waals surface area contributed by atoms with E-state index in [4.69, 9.17) is 0 Å². The van der Waals surface area contributed by atoms with E-state index in [9.17, 15) is 9.79 Å². The third-order valence-electron chi connectivity index (χ3n) is 2.83. The summed E-state index contributed by atoms with van der Waals surface area (Å²) in [7, 11) is 0. The van der Waals surface area contributed by atoms with Crippen molar-refractivity contribution in [2.24, 2.45) is 5.41 Å². The Bertz CT molecular complexity index is 469. The second kappa shape index (κ2) is 5.87. The standard InChI is InChI=1S/C14H23O2PS2/c1-13(2,3)10-14(4,5)11-6-8-12(9-7-11)19-17(15,16)18/h6-9H,10H2,1-5H3,(H2,15,16,18). The average Bonchev–Trinajstić information content (AvgIpc) is 2.11. The maximum absolute atomic E-state index is 9.30. The lowest BCUT2D eigenvalue weighted by Crippen LogP contribution is -2.24. The summed E-state index contributed by atoms with van der Waals surface area (Å²) in [5.74, 6) is 0. The molecule has 0 aliphatic rings. The van der Waals surface area contributed by atoms with Crippen LogP contribution in [-0.4, -0.2) is 9.79 Å². The Morgan fingerprint density at radius 1 is 1.05 bits per heavy atom.